The van der Waals surface area contributed by atoms with Crippen LogP contribution in [0.15, 0.2) is 83.3 Å². The number of fused-ring (bicyclic) bond motifs is 1. The fourth-order valence-corrected chi connectivity index (χ4v) is 5.93. The molecule has 0 spiro atoms. The van der Waals surface area contributed by atoms with Crippen molar-refractivity contribution in [3.8, 4) is 22.8 Å². The smallest absolute Gasteiger partial charge is 0.457 e. The summed E-state index contributed by atoms with van der Waals surface area (Å²) in [6.07, 6.45) is 1.85. The Bertz CT molecular complexity index is 1930. The second-order valence-electron chi connectivity index (χ2n) is 11.0. The summed E-state index contributed by atoms with van der Waals surface area (Å²) in [4.78, 5) is 13.2. The Labute approximate surface area is 266 Å². The van der Waals surface area contributed by atoms with E-state index in [1.165, 1.54) is 47.8 Å². The monoisotopic (exact) mass is 646 g/mol. The van der Waals surface area contributed by atoms with Gasteiger partial charge in [0.15, 0.2) is 0 Å². The van der Waals surface area contributed by atoms with Crippen LogP contribution in [0.4, 0.5) is 8.78 Å². The molecule has 0 radical (unpaired) electrons. The first-order chi connectivity index (χ1) is 22.1. The van der Waals surface area contributed by atoms with Gasteiger partial charge in [-0.25, -0.2) is 13.0 Å². The van der Waals surface area contributed by atoms with E-state index in [1.807, 2.05) is 6.07 Å². The Kier molecular flexibility index (Phi) is 9.03. The largest absolute Gasteiger partial charge is 0.491 e. The lowest BCUT2D eigenvalue weighted by atomic mass is 9.79. The molecule has 1 atom stereocenters. The van der Waals surface area contributed by atoms with E-state index in [0.717, 1.165) is 30.0 Å². The number of carbonyl (C=O) groups is 1. The molecule has 0 aliphatic heterocycles. The predicted molar refractivity (Wildman–Crippen MR) is 170 cm³/mol. The Morgan fingerprint density at radius 1 is 1.00 bits per heavy atom. The van der Waals surface area contributed by atoms with Crippen molar-refractivity contribution in [1.82, 2.24) is 9.62 Å². The highest BCUT2D eigenvalue weighted by molar-refractivity contribution is 7.76. The summed E-state index contributed by atoms with van der Waals surface area (Å²) in [6, 6.07) is 20.0. The Hall–Kier alpha value is -4.40. The minimum atomic E-state index is -2.43. The van der Waals surface area contributed by atoms with Crippen LogP contribution < -0.4 is 15.5 Å². The maximum Gasteiger partial charge on any atom is 0.491 e. The number of carbonyl (C=O) groups excluding carboxylic acids is 1. The van der Waals surface area contributed by atoms with Gasteiger partial charge in [-0.2, -0.15) is 4.31 Å². The van der Waals surface area contributed by atoms with Crippen molar-refractivity contribution in [3.63, 3.8) is 0 Å². The van der Waals surface area contributed by atoms with Crippen molar-refractivity contribution in [2.75, 3.05) is 7.05 Å². The number of benzene rings is 4. The van der Waals surface area contributed by atoms with E-state index in [4.69, 9.17) is 9.15 Å². The van der Waals surface area contributed by atoms with Crippen LogP contribution >= 0.6 is 0 Å². The third-order valence-corrected chi connectivity index (χ3v) is 8.56. The minimum absolute atomic E-state index is 0.0254. The molecule has 9 nitrogen and oxygen atoms in total. The van der Waals surface area contributed by atoms with E-state index in [1.54, 1.807) is 30.3 Å². The lowest BCUT2D eigenvalue weighted by Gasteiger charge is -2.20. The number of hydrogen-bond donors (Lipinski definition) is 4. The van der Waals surface area contributed by atoms with Gasteiger partial charge in [0.2, 0.25) is 11.3 Å². The van der Waals surface area contributed by atoms with Crippen LogP contribution in [0.5, 0.6) is 11.5 Å². The van der Waals surface area contributed by atoms with Gasteiger partial charge in [0, 0.05) is 36.5 Å². The zero-order chi connectivity index (χ0) is 32.5. The molecule has 1 heterocycles. The third kappa shape index (κ3) is 6.74. The van der Waals surface area contributed by atoms with Crippen molar-refractivity contribution in [2.45, 2.75) is 31.8 Å². The van der Waals surface area contributed by atoms with Crippen molar-refractivity contribution >= 4 is 40.7 Å². The molecule has 4 aromatic carbocycles. The quantitative estimate of drug-likeness (QED) is 0.114. The predicted octanol–water partition coefficient (Wildman–Crippen LogP) is 5.23. The Morgan fingerprint density at radius 2 is 1.67 bits per heavy atom. The molecule has 1 amide bonds. The molecule has 1 aliphatic carbocycles. The highest BCUT2D eigenvalue weighted by atomic mass is 32.2. The highest BCUT2D eigenvalue weighted by Crippen LogP contribution is 2.45. The summed E-state index contributed by atoms with van der Waals surface area (Å²) in [5, 5.41) is 21.9. The molecule has 0 saturated heterocycles. The van der Waals surface area contributed by atoms with Gasteiger partial charge in [-0.15, -0.1) is 0 Å². The average Bonchev–Trinajstić information content (AvgIpc) is 3.81. The van der Waals surface area contributed by atoms with Crippen molar-refractivity contribution < 1.29 is 41.5 Å². The normalized spacial score (nSPS) is 13.6. The number of nitrogens with one attached hydrogen (secondary N) is 1. The van der Waals surface area contributed by atoms with Gasteiger partial charge in [-0.05, 0) is 102 Å². The fourth-order valence-electron chi connectivity index (χ4n) is 5.42. The van der Waals surface area contributed by atoms with Gasteiger partial charge >= 0.3 is 7.12 Å². The summed E-state index contributed by atoms with van der Waals surface area (Å²) >= 11 is -2.43. The van der Waals surface area contributed by atoms with E-state index in [2.05, 4.69) is 5.32 Å². The molecule has 6 rings (SSSR count). The van der Waals surface area contributed by atoms with Crippen molar-refractivity contribution in [2.24, 2.45) is 0 Å². The van der Waals surface area contributed by atoms with Gasteiger partial charge in [-0.1, -0.05) is 12.1 Å². The first-order valence-corrected chi connectivity index (χ1v) is 15.5. The summed E-state index contributed by atoms with van der Waals surface area (Å²) < 4.78 is 63.6. The molecule has 13 heteroatoms. The van der Waals surface area contributed by atoms with Gasteiger partial charge in [0.25, 0.3) is 5.91 Å². The van der Waals surface area contributed by atoms with Gasteiger partial charge in [0.05, 0.1) is 5.56 Å². The van der Waals surface area contributed by atoms with Crippen LogP contribution in [-0.2, 0) is 24.4 Å². The van der Waals surface area contributed by atoms with Crippen LogP contribution in [0.25, 0.3) is 22.3 Å². The van der Waals surface area contributed by atoms with Crippen LogP contribution in [0, 0.1) is 11.6 Å². The van der Waals surface area contributed by atoms with Crippen LogP contribution in [-0.4, -0.2) is 43.2 Å². The molecule has 46 heavy (non-hydrogen) atoms. The third-order valence-electron chi connectivity index (χ3n) is 7.86. The first-order valence-electron chi connectivity index (χ1n) is 14.5. The van der Waals surface area contributed by atoms with E-state index < -0.39 is 24.2 Å². The van der Waals surface area contributed by atoms with Gasteiger partial charge < -0.3 is 24.5 Å². The molecular formula is C33H29BF2N2O7S. The lowest BCUT2D eigenvalue weighted by Crippen LogP contribution is -2.33. The molecule has 1 aliphatic rings. The van der Waals surface area contributed by atoms with Gasteiger partial charge in [0.1, 0.15) is 34.5 Å². The maximum atomic E-state index is 14.4. The lowest BCUT2D eigenvalue weighted by molar-refractivity contribution is 0.0964. The second kappa shape index (κ2) is 13.1. The maximum absolute atomic E-state index is 14.4. The zero-order valence-electron chi connectivity index (χ0n) is 24.6. The molecule has 236 valence electrons. The van der Waals surface area contributed by atoms with Crippen LogP contribution in [0.3, 0.4) is 0 Å². The van der Waals surface area contributed by atoms with Crippen LogP contribution in [0.2, 0.25) is 0 Å². The van der Waals surface area contributed by atoms with Crippen LogP contribution in [0.1, 0.15) is 45.8 Å². The summed E-state index contributed by atoms with van der Waals surface area (Å²) in [6.45, 7) is -0.0686. The van der Waals surface area contributed by atoms with E-state index >= 15 is 0 Å². The topological polar surface area (TPSA) is 132 Å². The van der Waals surface area contributed by atoms with E-state index in [0.29, 0.717) is 44.9 Å². The average molecular weight is 646 g/mol. The first kappa shape index (κ1) is 31.6. The number of amides is 1. The number of furan rings is 1. The number of hydrogen-bond acceptors (Lipinski definition) is 6. The summed E-state index contributed by atoms with van der Waals surface area (Å²) in [7, 11) is -0.443. The number of nitrogens with zero attached hydrogens (tertiary/aromatic N) is 1. The molecule has 1 fully saturated rings. The minimum Gasteiger partial charge on any atom is -0.457 e. The number of ether oxygens (including phenoxy) is 1. The number of halogens is 2. The molecule has 0 bridgehead atoms. The summed E-state index contributed by atoms with van der Waals surface area (Å²) in [5.74, 6) is -0.0353. The Morgan fingerprint density at radius 3 is 2.26 bits per heavy atom. The van der Waals surface area contributed by atoms with Crippen molar-refractivity contribution in [3.05, 3.63) is 113 Å². The SMILES string of the molecule is CNC(=O)c1c(-c2ccc(Oc3ccc(F)cc3)cc2)oc2cc(CN(Cc3ccc(B(O)O)c(F)c3)S(=O)O)c(C3CC3)cc12. The van der Waals surface area contributed by atoms with E-state index in [9.17, 15) is 32.4 Å². The zero-order valence-corrected chi connectivity index (χ0v) is 25.4. The standard InChI is InChI=1S/C33H29BF2N2O7S/c1-37-33(39)31-27-16-26(20-3-4-20)22(18-38(46(42)43)17-19-2-13-28(34(40)41)29(36)14-19)15-30(27)45-32(31)21-5-9-24(10-6-21)44-25-11-7-23(35)8-12-25/h2,5-16,20,40-41H,3-4,17-18H2,1H3,(H,37,39)(H,42,43). The molecular weight excluding hydrogens is 617 g/mol. The highest BCUT2D eigenvalue weighted by Gasteiger charge is 2.31. The fraction of sp³-hybridized carbons (Fsp3) is 0.182. The summed E-state index contributed by atoms with van der Waals surface area (Å²) in [5.41, 5.74) is 3.11. The number of rotatable bonds is 11. The molecule has 1 unspecified atom stereocenters. The second-order valence-corrected chi connectivity index (χ2v) is 12.0. The Balaban J connectivity index is 1.34. The van der Waals surface area contributed by atoms with E-state index in [-0.39, 0.29) is 36.2 Å². The molecule has 1 aromatic heterocycles. The molecule has 4 N–H and O–H groups in total. The molecule has 1 saturated carbocycles. The van der Waals surface area contributed by atoms with Gasteiger partial charge in [-0.3, -0.25) is 9.35 Å². The van der Waals surface area contributed by atoms with Crippen molar-refractivity contribution in [1.29, 1.82) is 0 Å². The molecule has 5 aromatic rings.